The highest BCUT2D eigenvalue weighted by molar-refractivity contribution is 4.74. The van der Waals surface area contributed by atoms with Crippen molar-refractivity contribution in [2.24, 2.45) is 0 Å². The fourth-order valence-electron chi connectivity index (χ4n) is 0.716. The van der Waals surface area contributed by atoms with Crippen LogP contribution in [0, 0.1) is 0 Å². The van der Waals surface area contributed by atoms with Gasteiger partial charge in [-0.05, 0) is 13.3 Å². The molecule has 0 fully saturated rings. The summed E-state index contributed by atoms with van der Waals surface area (Å²) in [5.74, 6) is 0. The van der Waals surface area contributed by atoms with Gasteiger partial charge in [0.15, 0.2) is 0 Å². The quantitative estimate of drug-likeness (QED) is 0.521. The molecule has 0 radical (unpaired) electrons. The van der Waals surface area contributed by atoms with Crippen LogP contribution in [-0.4, -0.2) is 33.6 Å². The maximum Gasteiger partial charge on any atom is 0.0874 e. The fourth-order valence-corrected chi connectivity index (χ4v) is 0.716. The molecule has 0 amide bonds. The summed E-state index contributed by atoms with van der Waals surface area (Å²) in [5, 5.41) is 26.8. The van der Waals surface area contributed by atoms with Crippen molar-refractivity contribution >= 4 is 0 Å². The van der Waals surface area contributed by atoms with Crippen molar-refractivity contribution < 1.29 is 15.3 Å². The number of rotatable bonds is 4. The minimum Gasteiger partial charge on any atom is -0.393 e. The second kappa shape index (κ2) is 3.91. The minimum absolute atomic E-state index is 0.236. The Hall–Kier alpha value is -0.120. The average molecular weight is 148 g/mol. The molecule has 10 heavy (non-hydrogen) atoms. The van der Waals surface area contributed by atoms with Gasteiger partial charge in [-0.2, -0.15) is 0 Å². The Morgan fingerprint density at radius 1 is 1.50 bits per heavy atom. The first-order valence-corrected chi connectivity index (χ1v) is 3.53. The van der Waals surface area contributed by atoms with Gasteiger partial charge in [0.2, 0.25) is 0 Å². The Morgan fingerprint density at radius 3 is 2.30 bits per heavy atom. The molecule has 0 aliphatic carbocycles. The number of aliphatic hydroxyl groups is 3. The van der Waals surface area contributed by atoms with Crippen LogP contribution < -0.4 is 0 Å². The summed E-state index contributed by atoms with van der Waals surface area (Å²) in [6.45, 7) is 3.04. The van der Waals surface area contributed by atoms with E-state index in [4.69, 9.17) is 10.2 Å². The van der Waals surface area contributed by atoms with E-state index in [1.165, 1.54) is 6.92 Å². The Kier molecular flexibility index (Phi) is 3.86. The molecule has 3 N–H and O–H groups in total. The smallest absolute Gasteiger partial charge is 0.0874 e. The maximum atomic E-state index is 9.21. The Morgan fingerprint density at radius 2 is 2.00 bits per heavy atom. The summed E-state index contributed by atoms with van der Waals surface area (Å²) >= 11 is 0. The summed E-state index contributed by atoms with van der Waals surface area (Å²) in [7, 11) is 0. The molecule has 0 bridgehead atoms. The zero-order valence-electron chi connectivity index (χ0n) is 6.54. The van der Waals surface area contributed by atoms with Gasteiger partial charge in [-0.1, -0.05) is 6.92 Å². The summed E-state index contributed by atoms with van der Waals surface area (Å²) in [4.78, 5) is 0. The van der Waals surface area contributed by atoms with Crippen molar-refractivity contribution in [3.63, 3.8) is 0 Å². The molecule has 3 heteroatoms. The lowest BCUT2D eigenvalue weighted by molar-refractivity contribution is -0.0365. The van der Waals surface area contributed by atoms with Crippen molar-refractivity contribution in [3.05, 3.63) is 0 Å². The van der Waals surface area contributed by atoms with E-state index in [1.807, 2.05) is 6.92 Å². The lowest BCUT2D eigenvalue weighted by Gasteiger charge is -2.22. The minimum atomic E-state index is -1.13. The van der Waals surface area contributed by atoms with Gasteiger partial charge in [-0.15, -0.1) is 0 Å². The van der Waals surface area contributed by atoms with Gasteiger partial charge in [0.25, 0.3) is 0 Å². The van der Waals surface area contributed by atoms with Crippen LogP contribution in [0.1, 0.15) is 26.7 Å². The monoisotopic (exact) mass is 148 g/mol. The first-order chi connectivity index (χ1) is 4.52. The third-order valence-corrected chi connectivity index (χ3v) is 1.49. The molecule has 0 spiro atoms. The van der Waals surface area contributed by atoms with Crippen LogP contribution in [0.25, 0.3) is 0 Å². The van der Waals surface area contributed by atoms with E-state index in [0.717, 1.165) is 0 Å². The lowest BCUT2D eigenvalue weighted by Crippen LogP contribution is -2.33. The second-order valence-corrected chi connectivity index (χ2v) is 2.92. The van der Waals surface area contributed by atoms with E-state index in [-0.39, 0.29) is 13.0 Å². The fraction of sp³-hybridized carbons (Fsp3) is 1.00. The average Bonchev–Trinajstić information content (AvgIpc) is 1.87. The highest BCUT2D eigenvalue weighted by Crippen LogP contribution is 2.12. The van der Waals surface area contributed by atoms with Crippen molar-refractivity contribution in [1.29, 1.82) is 0 Å². The topological polar surface area (TPSA) is 60.7 Å². The molecular weight excluding hydrogens is 132 g/mol. The Bertz CT molecular complexity index is 90.9. The third-order valence-electron chi connectivity index (χ3n) is 1.49. The SMILES string of the molecule is CCC(O)CC(C)(O)CO. The van der Waals surface area contributed by atoms with Crippen molar-refractivity contribution in [3.8, 4) is 0 Å². The summed E-state index contributed by atoms with van der Waals surface area (Å²) in [5.41, 5.74) is -1.13. The molecular formula is C7H16O3. The van der Waals surface area contributed by atoms with Gasteiger partial charge in [0, 0.05) is 6.42 Å². The number of hydrogen-bond acceptors (Lipinski definition) is 3. The van der Waals surface area contributed by atoms with Gasteiger partial charge in [0.1, 0.15) is 0 Å². The zero-order valence-corrected chi connectivity index (χ0v) is 6.54. The molecule has 0 aliphatic rings. The maximum absolute atomic E-state index is 9.21. The highest BCUT2D eigenvalue weighted by Gasteiger charge is 2.22. The molecule has 0 aromatic carbocycles. The van der Waals surface area contributed by atoms with Crippen LogP contribution in [0.2, 0.25) is 0 Å². The predicted molar refractivity (Wildman–Crippen MR) is 38.6 cm³/mol. The molecule has 0 rings (SSSR count). The molecule has 2 unspecified atom stereocenters. The molecule has 3 nitrogen and oxygen atoms in total. The molecule has 0 heterocycles. The van der Waals surface area contributed by atoms with Crippen LogP contribution in [0.5, 0.6) is 0 Å². The van der Waals surface area contributed by atoms with Crippen LogP contribution in [0.15, 0.2) is 0 Å². The molecule has 0 aromatic heterocycles. The highest BCUT2D eigenvalue weighted by atomic mass is 16.3. The Balaban J connectivity index is 3.64. The summed E-state index contributed by atoms with van der Waals surface area (Å²) in [6.07, 6.45) is 0.332. The molecule has 0 aliphatic heterocycles. The normalized spacial score (nSPS) is 20.1. The molecule has 0 saturated carbocycles. The predicted octanol–water partition coefficient (Wildman–Crippen LogP) is -0.109. The van der Waals surface area contributed by atoms with Gasteiger partial charge in [0.05, 0.1) is 18.3 Å². The van der Waals surface area contributed by atoms with Gasteiger partial charge in [-0.25, -0.2) is 0 Å². The van der Waals surface area contributed by atoms with Crippen LogP contribution in [0.4, 0.5) is 0 Å². The molecule has 0 saturated heterocycles. The van der Waals surface area contributed by atoms with E-state index in [9.17, 15) is 5.11 Å². The van der Waals surface area contributed by atoms with E-state index in [0.29, 0.717) is 6.42 Å². The van der Waals surface area contributed by atoms with Crippen LogP contribution >= 0.6 is 0 Å². The number of aliphatic hydroxyl groups excluding tert-OH is 2. The first kappa shape index (κ1) is 9.88. The van der Waals surface area contributed by atoms with Crippen molar-refractivity contribution in [2.45, 2.75) is 38.4 Å². The van der Waals surface area contributed by atoms with Gasteiger partial charge < -0.3 is 15.3 Å². The lowest BCUT2D eigenvalue weighted by atomic mass is 9.98. The Labute approximate surface area is 61.3 Å². The molecule has 2 atom stereocenters. The second-order valence-electron chi connectivity index (χ2n) is 2.92. The van der Waals surface area contributed by atoms with Gasteiger partial charge >= 0.3 is 0 Å². The zero-order chi connectivity index (χ0) is 8.20. The number of hydrogen-bond donors (Lipinski definition) is 3. The third kappa shape index (κ3) is 3.82. The van der Waals surface area contributed by atoms with Crippen LogP contribution in [-0.2, 0) is 0 Å². The van der Waals surface area contributed by atoms with Gasteiger partial charge in [-0.3, -0.25) is 0 Å². The van der Waals surface area contributed by atoms with Crippen molar-refractivity contribution in [1.82, 2.24) is 0 Å². The van der Waals surface area contributed by atoms with E-state index in [1.54, 1.807) is 0 Å². The van der Waals surface area contributed by atoms with Crippen LogP contribution in [0.3, 0.4) is 0 Å². The largest absolute Gasteiger partial charge is 0.393 e. The molecule has 62 valence electrons. The molecule has 0 aromatic rings. The van der Waals surface area contributed by atoms with E-state index >= 15 is 0 Å². The van der Waals surface area contributed by atoms with E-state index < -0.39 is 11.7 Å². The standard InChI is InChI=1S/C7H16O3/c1-3-6(9)4-7(2,10)5-8/h6,8-10H,3-5H2,1-2H3. The summed E-state index contributed by atoms with van der Waals surface area (Å²) in [6, 6.07) is 0. The summed E-state index contributed by atoms with van der Waals surface area (Å²) < 4.78 is 0. The van der Waals surface area contributed by atoms with E-state index in [2.05, 4.69) is 0 Å². The first-order valence-electron chi connectivity index (χ1n) is 3.53. The van der Waals surface area contributed by atoms with Crippen molar-refractivity contribution in [2.75, 3.05) is 6.61 Å².